The molecule has 2 heterocycles. The molecule has 2 rings (SSSR count). The molecule has 1 aromatic rings. The van der Waals surface area contributed by atoms with Crippen LogP contribution in [0.2, 0.25) is 0 Å². The van der Waals surface area contributed by atoms with Crippen LogP contribution in [0.15, 0.2) is 5.51 Å². The van der Waals surface area contributed by atoms with Gasteiger partial charge in [-0.3, -0.25) is 4.79 Å². The molecule has 0 saturated carbocycles. The third-order valence-corrected chi connectivity index (χ3v) is 3.70. The number of aryl methyl sites for hydroxylation is 1. The number of nitrogens with zero attached hydrogens (tertiary/aromatic N) is 2. The van der Waals surface area contributed by atoms with E-state index in [-0.39, 0.29) is 30.7 Å². The summed E-state index contributed by atoms with van der Waals surface area (Å²) in [5.74, 6) is 0.125. The molecule has 1 aliphatic rings. The van der Waals surface area contributed by atoms with Crippen molar-refractivity contribution in [2.24, 2.45) is 0 Å². The number of amides is 1. The Bertz CT molecular complexity index is 389. The molecule has 1 aliphatic heterocycles. The summed E-state index contributed by atoms with van der Waals surface area (Å²) in [5.41, 5.74) is 2.58. The van der Waals surface area contributed by atoms with Gasteiger partial charge in [-0.15, -0.1) is 36.2 Å². The quantitative estimate of drug-likeness (QED) is 0.864. The molecule has 1 saturated heterocycles. The molecule has 18 heavy (non-hydrogen) atoms. The van der Waals surface area contributed by atoms with Crippen LogP contribution in [0.4, 0.5) is 0 Å². The number of piperazine rings is 1. The summed E-state index contributed by atoms with van der Waals surface area (Å²) in [4.78, 5) is 19.1. The van der Waals surface area contributed by atoms with E-state index in [2.05, 4.69) is 24.1 Å². The second kappa shape index (κ2) is 7.28. The molecular formula is C11H19Cl2N3OS. The minimum atomic E-state index is 0. The van der Waals surface area contributed by atoms with E-state index < -0.39 is 0 Å². The zero-order valence-corrected chi connectivity index (χ0v) is 13.1. The van der Waals surface area contributed by atoms with Crippen LogP contribution in [0.5, 0.6) is 0 Å². The van der Waals surface area contributed by atoms with Crippen molar-refractivity contribution in [1.82, 2.24) is 15.2 Å². The Morgan fingerprint density at radius 3 is 2.39 bits per heavy atom. The van der Waals surface area contributed by atoms with Crippen molar-refractivity contribution in [3.05, 3.63) is 16.1 Å². The summed E-state index contributed by atoms with van der Waals surface area (Å²) < 4.78 is 0. The average Bonchev–Trinajstić information content (AvgIpc) is 2.62. The van der Waals surface area contributed by atoms with E-state index in [4.69, 9.17) is 0 Å². The van der Waals surface area contributed by atoms with E-state index in [0.29, 0.717) is 12.1 Å². The van der Waals surface area contributed by atoms with Crippen molar-refractivity contribution >= 4 is 42.1 Å². The fraction of sp³-hybridized carbons (Fsp3) is 0.636. The van der Waals surface area contributed by atoms with E-state index in [1.54, 1.807) is 5.51 Å². The Hall–Kier alpha value is -0.360. The molecule has 0 spiro atoms. The zero-order valence-electron chi connectivity index (χ0n) is 10.7. The Kier molecular flexibility index (Phi) is 7.14. The van der Waals surface area contributed by atoms with Gasteiger partial charge in [-0.25, -0.2) is 4.98 Å². The number of rotatable bonds is 1. The van der Waals surface area contributed by atoms with Crippen LogP contribution >= 0.6 is 36.2 Å². The summed E-state index contributed by atoms with van der Waals surface area (Å²) in [7, 11) is 0. The summed E-state index contributed by atoms with van der Waals surface area (Å²) in [5, 5.41) is 3.42. The highest BCUT2D eigenvalue weighted by molar-refractivity contribution is 7.11. The van der Waals surface area contributed by atoms with Crippen LogP contribution in [0.25, 0.3) is 0 Å². The Morgan fingerprint density at radius 2 is 1.94 bits per heavy atom. The van der Waals surface area contributed by atoms with Gasteiger partial charge in [-0.05, 0) is 20.8 Å². The first kappa shape index (κ1) is 17.6. The lowest BCUT2D eigenvalue weighted by Crippen LogP contribution is -2.55. The Labute approximate surface area is 124 Å². The molecule has 1 N–H and O–H groups in total. The van der Waals surface area contributed by atoms with Crippen LogP contribution < -0.4 is 5.32 Å². The number of aromatic nitrogens is 1. The molecule has 0 aliphatic carbocycles. The number of hydrogen-bond donors (Lipinski definition) is 1. The molecule has 1 fully saturated rings. The lowest BCUT2D eigenvalue weighted by atomic mass is 10.1. The number of halogens is 2. The topological polar surface area (TPSA) is 45.2 Å². The van der Waals surface area contributed by atoms with Gasteiger partial charge in [0.05, 0.1) is 11.2 Å². The highest BCUT2D eigenvalue weighted by atomic mass is 35.5. The molecule has 0 bridgehead atoms. The normalized spacial score (nSPS) is 22.9. The first-order chi connectivity index (χ1) is 7.58. The summed E-state index contributed by atoms with van der Waals surface area (Å²) in [6.45, 7) is 7.66. The molecular weight excluding hydrogens is 293 g/mol. The van der Waals surface area contributed by atoms with Gasteiger partial charge < -0.3 is 10.2 Å². The summed E-state index contributed by atoms with van der Waals surface area (Å²) >= 11 is 1.43. The predicted molar refractivity (Wildman–Crippen MR) is 79.3 cm³/mol. The standard InChI is InChI=1S/C11H17N3OS.2ClH/c1-7-4-14(5-8(2)13-7)11(15)10-9(3)12-6-16-10;;/h6-8,13H,4-5H2,1-3H3;2*1H. The van der Waals surface area contributed by atoms with Crippen LogP contribution in [0, 0.1) is 6.92 Å². The average molecular weight is 312 g/mol. The number of hydrogen-bond acceptors (Lipinski definition) is 4. The van der Waals surface area contributed by atoms with Gasteiger partial charge in [-0.1, -0.05) is 0 Å². The van der Waals surface area contributed by atoms with Gasteiger partial charge in [0.1, 0.15) is 4.88 Å². The molecule has 2 unspecified atom stereocenters. The van der Waals surface area contributed by atoms with Gasteiger partial charge in [0.2, 0.25) is 0 Å². The third kappa shape index (κ3) is 3.82. The number of thiazole rings is 1. The van der Waals surface area contributed by atoms with Crippen LogP contribution in [0.1, 0.15) is 29.2 Å². The Balaban J connectivity index is 0.00000144. The van der Waals surface area contributed by atoms with E-state index in [1.165, 1.54) is 11.3 Å². The molecule has 4 nitrogen and oxygen atoms in total. The van der Waals surface area contributed by atoms with Crippen LogP contribution in [-0.2, 0) is 0 Å². The van der Waals surface area contributed by atoms with Crippen molar-refractivity contribution < 1.29 is 4.79 Å². The third-order valence-electron chi connectivity index (χ3n) is 2.78. The minimum absolute atomic E-state index is 0. The molecule has 1 amide bonds. The molecule has 104 valence electrons. The molecule has 2 atom stereocenters. The largest absolute Gasteiger partial charge is 0.335 e. The van der Waals surface area contributed by atoms with E-state index in [9.17, 15) is 4.79 Å². The zero-order chi connectivity index (χ0) is 11.7. The van der Waals surface area contributed by atoms with Crippen molar-refractivity contribution in [3.8, 4) is 0 Å². The highest BCUT2D eigenvalue weighted by Gasteiger charge is 2.27. The number of carbonyl (C=O) groups excluding carboxylic acids is 1. The maximum Gasteiger partial charge on any atom is 0.265 e. The molecule has 1 aromatic heterocycles. The van der Waals surface area contributed by atoms with Gasteiger partial charge in [-0.2, -0.15) is 0 Å². The first-order valence-electron chi connectivity index (χ1n) is 5.53. The van der Waals surface area contributed by atoms with Crippen molar-refractivity contribution in [1.29, 1.82) is 0 Å². The van der Waals surface area contributed by atoms with E-state index >= 15 is 0 Å². The summed E-state index contributed by atoms with van der Waals surface area (Å²) in [6, 6.07) is 0.724. The fourth-order valence-electron chi connectivity index (χ4n) is 2.14. The maximum atomic E-state index is 12.2. The molecule has 0 radical (unpaired) electrons. The van der Waals surface area contributed by atoms with Gasteiger partial charge in [0.15, 0.2) is 0 Å². The van der Waals surface area contributed by atoms with E-state index in [1.807, 2.05) is 11.8 Å². The minimum Gasteiger partial charge on any atom is -0.335 e. The van der Waals surface area contributed by atoms with Crippen LogP contribution in [0.3, 0.4) is 0 Å². The monoisotopic (exact) mass is 311 g/mol. The number of carbonyl (C=O) groups is 1. The molecule has 7 heteroatoms. The van der Waals surface area contributed by atoms with Crippen molar-refractivity contribution in [3.63, 3.8) is 0 Å². The lowest BCUT2D eigenvalue weighted by Gasteiger charge is -2.36. The summed E-state index contributed by atoms with van der Waals surface area (Å²) in [6.07, 6.45) is 0. The lowest BCUT2D eigenvalue weighted by molar-refractivity contribution is 0.0678. The molecule has 0 aromatic carbocycles. The SMILES string of the molecule is Cc1ncsc1C(=O)N1CC(C)NC(C)C1.Cl.Cl. The second-order valence-corrected chi connectivity index (χ2v) is 5.30. The van der Waals surface area contributed by atoms with Crippen LogP contribution in [-0.4, -0.2) is 41.0 Å². The first-order valence-corrected chi connectivity index (χ1v) is 6.41. The maximum absolute atomic E-state index is 12.2. The van der Waals surface area contributed by atoms with Crippen molar-refractivity contribution in [2.75, 3.05) is 13.1 Å². The van der Waals surface area contributed by atoms with E-state index in [0.717, 1.165) is 23.7 Å². The van der Waals surface area contributed by atoms with Gasteiger partial charge in [0, 0.05) is 25.2 Å². The van der Waals surface area contributed by atoms with Crippen molar-refractivity contribution in [2.45, 2.75) is 32.9 Å². The smallest absolute Gasteiger partial charge is 0.265 e. The number of nitrogens with one attached hydrogen (secondary N) is 1. The van der Waals surface area contributed by atoms with Gasteiger partial charge in [0.25, 0.3) is 5.91 Å². The fourth-order valence-corrected chi connectivity index (χ4v) is 2.91. The predicted octanol–water partition coefficient (Wildman–Crippen LogP) is 2.12. The highest BCUT2D eigenvalue weighted by Crippen LogP contribution is 2.17. The van der Waals surface area contributed by atoms with Gasteiger partial charge >= 0.3 is 0 Å². The second-order valence-electron chi connectivity index (χ2n) is 4.45. The Morgan fingerprint density at radius 1 is 1.39 bits per heavy atom.